The van der Waals surface area contributed by atoms with Gasteiger partial charge in [0, 0.05) is 36.1 Å². The molecule has 0 fully saturated rings. The van der Waals surface area contributed by atoms with Crippen LogP contribution in [0.2, 0.25) is 10.0 Å². The quantitative estimate of drug-likeness (QED) is 0.345. The standard InChI is InChI=1S/C26H35Cl2N3O4S/c1-5-6-15-29-26(33)20(3)30(18-21-13-14-22(27)17-23(21)28)25(32)12-9-16-31(36(4,34)35)24-11-8-7-10-19(24)2/h7-8,10-11,13-14,17,20H,5-6,9,12,15-16,18H2,1-4H3,(H,29,33)/t20-/m0/s1. The number of amides is 2. The van der Waals surface area contributed by atoms with Gasteiger partial charge in [0.1, 0.15) is 6.04 Å². The number of nitrogens with zero attached hydrogens (tertiary/aromatic N) is 2. The lowest BCUT2D eigenvalue weighted by Crippen LogP contribution is -2.48. The third kappa shape index (κ3) is 8.68. The van der Waals surface area contributed by atoms with Crippen molar-refractivity contribution in [1.82, 2.24) is 10.2 Å². The Labute approximate surface area is 224 Å². The van der Waals surface area contributed by atoms with Crippen LogP contribution in [0.25, 0.3) is 0 Å². The van der Waals surface area contributed by atoms with E-state index in [0.717, 1.165) is 24.7 Å². The smallest absolute Gasteiger partial charge is 0.242 e. The molecule has 0 spiro atoms. The molecule has 2 amide bonds. The summed E-state index contributed by atoms with van der Waals surface area (Å²) in [5.74, 6) is -0.517. The van der Waals surface area contributed by atoms with E-state index >= 15 is 0 Å². The third-order valence-electron chi connectivity index (χ3n) is 5.89. The number of carbonyl (C=O) groups is 2. The van der Waals surface area contributed by atoms with Crippen molar-refractivity contribution < 1.29 is 18.0 Å². The zero-order valence-corrected chi connectivity index (χ0v) is 23.6. The summed E-state index contributed by atoms with van der Waals surface area (Å²) in [5.41, 5.74) is 2.08. The molecule has 0 radical (unpaired) electrons. The maximum atomic E-state index is 13.3. The second kappa shape index (κ2) is 13.9. The van der Waals surface area contributed by atoms with E-state index in [2.05, 4.69) is 5.32 Å². The minimum Gasteiger partial charge on any atom is -0.354 e. The minimum atomic E-state index is -3.55. The number of carbonyl (C=O) groups excluding carboxylic acids is 2. The molecule has 0 aliphatic carbocycles. The highest BCUT2D eigenvalue weighted by Gasteiger charge is 2.27. The molecule has 36 heavy (non-hydrogen) atoms. The predicted octanol–water partition coefficient (Wildman–Crippen LogP) is 5.18. The highest BCUT2D eigenvalue weighted by Crippen LogP contribution is 2.25. The molecule has 0 saturated carbocycles. The number of anilines is 1. The van der Waals surface area contributed by atoms with Crippen LogP contribution < -0.4 is 9.62 Å². The summed E-state index contributed by atoms with van der Waals surface area (Å²) < 4.78 is 26.3. The predicted molar refractivity (Wildman–Crippen MR) is 147 cm³/mol. The Morgan fingerprint density at radius 2 is 1.78 bits per heavy atom. The molecular formula is C26H35Cl2N3O4S. The molecule has 10 heteroatoms. The number of halogens is 2. The zero-order chi connectivity index (χ0) is 26.9. The fourth-order valence-corrected chi connectivity index (χ4v) is 5.27. The molecule has 198 valence electrons. The van der Waals surface area contributed by atoms with Crippen LogP contribution >= 0.6 is 23.2 Å². The largest absolute Gasteiger partial charge is 0.354 e. The van der Waals surface area contributed by atoms with Crippen molar-refractivity contribution in [3.8, 4) is 0 Å². The summed E-state index contributed by atoms with van der Waals surface area (Å²) in [6.45, 7) is 6.36. The van der Waals surface area contributed by atoms with Gasteiger partial charge in [-0.25, -0.2) is 8.42 Å². The topological polar surface area (TPSA) is 86.8 Å². The van der Waals surface area contributed by atoms with Crippen LogP contribution in [0.1, 0.15) is 50.7 Å². The lowest BCUT2D eigenvalue weighted by atomic mass is 10.1. The first-order chi connectivity index (χ1) is 17.0. The van der Waals surface area contributed by atoms with Gasteiger partial charge in [-0.2, -0.15) is 0 Å². The van der Waals surface area contributed by atoms with E-state index in [4.69, 9.17) is 23.2 Å². The molecule has 2 aromatic rings. The molecule has 0 heterocycles. The van der Waals surface area contributed by atoms with Gasteiger partial charge in [0.2, 0.25) is 21.8 Å². The van der Waals surface area contributed by atoms with Gasteiger partial charge in [0.25, 0.3) is 0 Å². The fourth-order valence-electron chi connectivity index (χ4n) is 3.78. The lowest BCUT2D eigenvalue weighted by Gasteiger charge is -2.30. The van der Waals surface area contributed by atoms with E-state index in [1.165, 1.54) is 9.21 Å². The van der Waals surface area contributed by atoms with Crippen molar-refractivity contribution in [2.45, 2.75) is 59.0 Å². The number of benzene rings is 2. The summed E-state index contributed by atoms with van der Waals surface area (Å²) in [6.07, 6.45) is 3.29. The number of rotatable bonds is 13. The third-order valence-corrected chi connectivity index (χ3v) is 7.66. The van der Waals surface area contributed by atoms with Gasteiger partial charge in [-0.05, 0) is 56.0 Å². The Bertz CT molecular complexity index is 1160. The molecular weight excluding hydrogens is 521 g/mol. The summed E-state index contributed by atoms with van der Waals surface area (Å²) in [7, 11) is -3.55. The van der Waals surface area contributed by atoms with Gasteiger partial charge in [-0.3, -0.25) is 13.9 Å². The fraction of sp³-hybridized carbons (Fsp3) is 0.462. The van der Waals surface area contributed by atoms with Gasteiger partial charge in [-0.15, -0.1) is 0 Å². The zero-order valence-electron chi connectivity index (χ0n) is 21.3. The summed E-state index contributed by atoms with van der Waals surface area (Å²) in [6, 6.07) is 11.5. The SMILES string of the molecule is CCCCNC(=O)[C@H](C)N(Cc1ccc(Cl)cc1Cl)C(=O)CCCN(c1ccccc1C)S(C)(=O)=O. The molecule has 1 N–H and O–H groups in total. The van der Waals surface area contributed by atoms with E-state index < -0.39 is 16.1 Å². The second-order valence-electron chi connectivity index (χ2n) is 8.80. The number of sulfonamides is 1. The van der Waals surface area contributed by atoms with E-state index in [-0.39, 0.29) is 37.7 Å². The average Bonchev–Trinajstić information content (AvgIpc) is 2.81. The Hall–Kier alpha value is -2.29. The number of hydrogen-bond acceptors (Lipinski definition) is 4. The Balaban J connectivity index is 2.19. The molecule has 7 nitrogen and oxygen atoms in total. The molecule has 1 atom stereocenters. The molecule has 2 rings (SSSR count). The lowest BCUT2D eigenvalue weighted by molar-refractivity contribution is -0.140. The number of aryl methyl sites for hydroxylation is 1. The first kappa shape index (κ1) is 29.9. The first-order valence-corrected chi connectivity index (χ1v) is 14.6. The number of nitrogens with one attached hydrogen (secondary N) is 1. The van der Waals surface area contributed by atoms with Crippen LogP contribution in [-0.2, 0) is 26.2 Å². The maximum Gasteiger partial charge on any atom is 0.242 e. The maximum absolute atomic E-state index is 13.3. The molecule has 0 aliphatic heterocycles. The normalized spacial score (nSPS) is 12.2. The van der Waals surface area contributed by atoms with Gasteiger partial charge in [-0.1, -0.05) is 60.8 Å². The van der Waals surface area contributed by atoms with Crippen LogP contribution in [-0.4, -0.2) is 50.5 Å². The number of unbranched alkanes of at least 4 members (excludes halogenated alkanes) is 1. The van der Waals surface area contributed by atoms with Crippen LogP contribution in [0.15, 0.2) is 42.5 Å². The van der Waals surface area contributed by atoms with Gasteiger partial charge in [0.15, 0.2) is 0 Å². The number of hydrogen-bond donors (Lipinski definition) is 1. The van der Waals surface area contributed by atoms with Crippen LogP contribution in [0.4, 0.5) is 5.69 Å². The van der Waals surface area contributed by atoms with Crippen LogP contribution in [0, 0.1) is 6.92 Å². The highest BCUT2D eigenvalue weighted by molar-refractivity contribution is 7.92. The van der Waals surface area contributed by atoms with Crippen LogP contribution in [0.5, 0.6) is 0 Å². The Morgan fingerprint density at radius 1 is 1.08 bits per heavy atom. The van der Waals surface area contributed by atoms with E-state index in [0.29, 0.717) is 27.8 Å². The van der Waals surface area contributed by atoms with Crippen molar-refractivity contribution in [3.63, 3.8) is 0 Å². The summed E-state index contributed by atoms with van der Waals surface area (Å²) >= 11 is 12.4. The van der Waals surface area contributed by atoms with Crippen LogP contribution in [0.3, 0.4) is 0 Å². The molecule has 2 aromatic carbocycles. The number of para-hydroxylation sites is 1. The van der Waals surface area contributed by atoms with Crippen molar-refractivity contribution in [3.05, 3.63) is 63.6 Å². The first-order valence-electron chi connectivity index (χ1n) is 12.0. The van der Waals surface area contributed by atoms with Crippen molar-refractivity contribution in [2.24, 2.45) is 0 Å². The van der Waals surface area contributed by atoms with Gasteiger partial charge >= 0.3 is 0 Å². The molecule has 0 saturated heterocycles. The van der Waals surface area contributed by atoms with Gasteiger partial charge in [0.05, 0.1) is 11.9 Å². The monoisotopic (exact) mass is 555 g/mol. The minimum absolute atomic E-state index is 0.0652. The summed E-state index contributed by atoms with van der Waals surface area (Å²) in [4.78, 5) is 27.6. The van der Waals surface area contributed by atoms with Gasteiger partial charge < -0.3 is 10.2 Å². The highest BCUT2D eigenvalue weighted by atomic mass is 35.5. The van der Waals surface area contributed by atoms with Crippen molar-refractivity contribution >= 4 is 50.7 Å². The molecule has 0 unspecified atom stereocenters. The molecule has 0 aliphatic rings. The van der Waals surface area contributed by atoms with E-state index in [1.807, 2.05) is 26.0 Å². The molecule has 0 aromatic heterocycles. The van der Waals surface area contributed by atoms with Crippen molar-refractivity contribution in [2.75, 3.05) is 23.7 Å². The second-order valence-corrected chi connectivity index (χ2v) is 11.6. The molecule has 0 bridgehead atoms. The van der Waals surface area contributed by atoms with E-state index in [9.17, 15) is 18.0 Å². The average molecular weight is 557 g/mol. The Morgan fingerprint density at radius 3 is 2.39 bits per heavy atom. The van der Waals surface area contributed by atoms with E-state index in [1.54, 1.807) is 37.3 Å². The Kier molecular flexibility index (Phi) is 11.5. The summed E-state index contributed by atoms with van der Waals surface area (Å²) in [5, 5.41) is 3.76. The van der Waals surface area contributed by atoms with Crippen molar-refractivity contribution in [1.29, 1.82) is 0 Å².